The molecule has 1 atom stereocenters. The Kier molecular flexibility index (Phi) is 3.93. The van der Waals surface area contributed by atoms with Crippen LogP contribution in [-0.2, 0) is 16.0 Å². The number of anilines is 1. The third-order valence-corrected chi connectivity index (χ3v) is 4.24. The van der Waals surface area contributed by atoms with Crippen LogP contribution in [0, 0.1) is 5.82 Å². The fourth-order valence-electron chi connectivity index (χ4n) is 2.50. The van der Waals surface area contributed by atoms with Crippen LogP contribution in [0.2, 0.25) is 0 Å². The summed E-state index contributed by atoms with van der Waals surface area (Å²) in [5.74, 6) is -1.69. The van der Waals surface area contributed by atoms with Crippen molar-refractivity contribution < 1.29 is 18.7 Å². The number of carbonyl (C=O) groups excluding carboxylic acids is 2. The van der Waals surface area contributed by atoms with Crippen LogP contribution in [0.3, 0.4) is 0 Å². The average Bonchev–Trinajstić information content (AvgIpc) is 2.50. The molecule has 2 aromatic carbocycles. The summed E-state index contributed by atoms with van der Waals surface area (Å²) in [5, 5.41) is 2.49. The Morgan fingerprint density at radius 3 is 2.78 bits per heavy atom. The van der Waals surface area contributed by atoms with Gasteiger partial charge in [-0.15, -0.1) is 0 Å². The molecule has 2 aromatic rings. The SMILES string of the molecule is CC1(C(=O)Nc2ccc(Br)cc2F)Cc2ccccc2C(=O)O1. The summed E-state index contributed by atoms with van der Waals surface area (Å²) in [7, 11) is 0. The lowest BCUT2D eigenvalue weighted by molar-refractivity contribution is -0.134. The van der Waals surface area contributed by atoms with E-state index in [1.165, 1.54) is 19.1 Å². The molecule has 4 nitrogen and oxygen atoms in total. The highest BCUT2D eigenvalue weighted by atomic mass is 79.9. The van der Waals surface area contributed by atoms with E-state index in [4.69, 9.17) is 4.74 Å². The number of hydrogen-bond donors (Lipinski definition) is 1. The molecule has 1 amide bonds. The van der Waals surface area contributed by atoms with E-state index in [1.807, 2.05) is 0 Å². The highest BCUT2D eigenvalue weighted by molar-refractivity contribution is 9.10. The summed E-state index contributed by atoms with van der Waals surface area (Å²) in [6, 6.07) is 11.3. The van der Waals surface area contributed by atoms with Crippen LogP contribution in [0.25, 0.3) is 0 Å². The second-order valence-corrected chi connectivity index (χ2v) is 6.45. The molecule has 1 unspecified atom stereocenters. The number of ether oxygens (including phenoxy) is 1. The average molecular weight is 378 g/mol. The quantitative estimate of drug-likeness (QED) is 0.811. The molecular weight excluding hydrogens is 365 g/mol. The first-order valence-corrected chi connectivity index (χ1v) is 7.76. The maximum Gasteiger partial charge on any atom is 0.339 e. The topological polar surface area (TPSA) is 55.4 Å². The molecule has 3 rings (SSSR count). The highest BCUT2D eigenvalue weighted by Crippen LogP contribution is 2.30. The molecule has 0 saturated heterocycles. The zero-order valence-corrected chi connectivity index (χ0v) is 13.8. The number of carbonyl (C=O) groups is 2. The third kappa shape index (κ3) is 2.99. The van der Waals surface area contributed by atoms with Crippen molar-refractivity contribution >= 4 is 33.5 Å². The van der Waals surface area contributed by atoms with Gasteiger partial charge in [0.15, 0.2) is 5.60 Å². The van der Waals surface area contributed by atoms with Gasteiger partial charge in [-0.3, -0.25) is 4.79 Å². The molecule has 1 heterocycles. The molecule has 0 saturated carbocycles. The summed E-state index contributed by atoms with van der Waals surface area (Å²) in [6.07, 6.45) is 0.235. The number of rotatable bonds is 2. The minimum atomic E-state index is -1.38. The number of esters is 1. The van der Waals surface area contributed by atoms with Crippen molar-refractivity contribution in [2.45, 2.75) is 18.9 Å². The second-order valence-electron chi connectivity index (χ2n) is 5.53. The molecule has 0 aliphatic carbocycles. The normalized spacial score (nSPS) is 19.7. The van der Waals surface area contributed by atoms with Crippen molar-refractivity contribution in [3.63, 3.8) is 0 Å². The van der Waals surface area contributed by atoms with Gasteiger partial charge in [0, 0.05) is 10.9 Å². The zero-order chi connectivity index (χ0) is 16.6. The van der Waals surface area contributed by atoms with E-state index < -0.39 is 23.3 Å². The first-order valence-electron chi connectivity index (χ1n) is 6.97. The standard InChI is InChI=1S/C17H13BrFNO3/c1-17(9-10-4-2-3-5-12(10)15(21)23-17)16(22)20-14-7-6-11(18)8-13(14)19/h2-8H,9H2,1H3,(H,20,22). The molecule has 1 aliphatic rings. The van der Waals surface area contributed by atoms with E-state index in [1.54, 1.807) is 30.3 Å². The molecule has 1 aliphatic heterocycles. The molecule has 23 heavy (non-hydrogen) atoms. The monoisotopic (exact) mass is 377 g/mol. The van der Waals surface area contributed by atoms with Gasteiger partial charge in [0.2, 0.25) is 0 Å². The van der Waals surface area contributed by atoms with Crippen LogP contribution in [0.4, 0.5) is 10.1 Å². The zero-order valence-electron chi connectivity index (χ0n) is 12.2. The number of nitrogens with one attached hydrogen (secondary N) is 1. The van der Waals surface area contributed by atoms with Gasteiger partial charge in [-0.25, -0.2) is 9.18 Å². The summed E-state index contributed by atoms with van der Waals surface area (Å²) >= 11 is 3.15. The molecule has 6 heteroatoms. The van der Waals surface area contributed by atoms with Crippen LogP contribution < -0.4 is 5.32 Å². The van der Waals surface area contributed by atoms with Gasteiger partial charge < -0.3 is 10.1 Å². The number of halogens is 2. The van der Waals surface area contributed by atoms with Crippen LogP contribution >= 0.6 is 15.9 Å². The van der Waals surface area contributed by atoms with Gasteiger partial charge in [0.25, 0.3) is 5.91 Å². The predicted octanol–water partition coefficient (Wildman–Crippen LogP) is 3.70. The summed E-state index contributed by atoms with van der Waals surface area (Å²) in [5.41, 5.74) is -0.162. The van der Waals surface area contributed by atoms with Gasteiger partial charge in [-0.1, -0.05) is 34.1 Å². The third-order valence-electron chi connectivity index (χ3n) is 3.74. The maximum absolute atomic E-state index is 13.9. The van der Waals surface area contributed by atoms with Crippen LogP contribution in [-0.4, -0.2) is 17.5 Å². The van der Waals surface area contributed by atoms with Crippen LogP contribution in [0.15, 0.2) is 46.9 Å². The van der Waals surface area contributed by atoms with Crippen molar-refractivity contribution in [1.82, 2.24) is 0 Å². The van der Waals surface area contributed by atoms with Gasteiger partial charge in [0.1, 0.15) is 5.82 Å². The first-order chi connectivity index (χ1) is 10.9. The van der Waals surface area contributed by atoms with Gasteiger partial charge in [0.05, 0.1) is 11.3 Å². The molecule has 0 aromatic heterocycles. The maximum atomic E-state index is 13.9. The molecule has 1 N–H and O–H groups in total. The summed E-state index contributed by atoms with van der Waals surface area (Å²) in [4.78, 5) is 24.6. The highest BCUT2D eigenvalue weighted by Gasteiger charge is 2.42. The van der Waals surface area contributed by atoms with E-state index >= 15 is 0 Å². The van der Waals surface area contributed by atoms with Gasteiger partial charge >= 0.3 is 5.97 Å². The van der Waals surface area contributed by atoms with E-state index in [9.17, 15) is 14.0 Å². The van der Waals surface area contributed by atoms with Crippen LogP contribution in [0.5, 0.6) is 0 Å². The van der Waals surface area contributed by atoms with Crippen molar-refractivity contribution in [2.75, 3.05) is 5.32 Å². The summed E-state index contributed by atoms with van der Waals surface area (Å²) in [6.45, 7) is 1.52. The minimum absolute atomic E-state index is 0.0364. The Morgan fingerprint density at radius 1 is 1.30 bits per heavy atom. The van der Waals surface area contributed by atoms with Gasteiger partial charge in [-0.05, 0) is 36.8 Å². The van der Waals surface area contributed by atoms with Crippen molar-refractivity contribution in [3.8, 4) is 0 Å². The molecule has 118 valence electrons. The Labute approximate surface area is 140 Å². The number of fused-ring (bicyclic) bond motifs is 1. The summed E-state index contributed by atoms with van der Waals surface area (Å²) < 4.78 is 19.7. The lowest BCUT2D eigenvalue weighted by Crippen LogP contribution is -2.49. The van der Waals surface area contributed by atoms with E-state index in [0.717, 1.165) is 5.56 Å². The lowest BCUT2D eigenvalue weighted by atomic mass is 9.89. The van der Waals surface area contributed by atoms with Gasteiger partial charge in [-0.2, -0.15) is 0 Å². The fraction of sp³-hybridized carbons (Fsp3) is 0.176. The largest absolute Gasteiger partial charge is 0.445 e. The van der Waals surface area contributed by atoms with E-state index in [-0.39, 0.29) is 12.1 Å². The fourth-order valence-corrected chi connectivity index (χ4v) is 2.84. The van der Waals surface area contributed by atoms with Crippen molar-refractivity contribution in [1.29, 1.82) is 0 Å². The molecule has 0 spiro atoms. The Hall–Kier alpha value is -2.21. The Morgan fingerprint density at radius 2 is 2.04 bits per heavy atom. The van der Waals surface area contributed by atoms with E-state index in [0.29, 0.717) is 10.0 Å². The molecule has 0 radical (unpaired) electrons. The number of cyclic esters (lactones) is 1. The molecule has 0 bridgehead atoms. The van der Waals surface area contributed by atoms with Crippen molar-refractivity contribution in [3.05, 3.63) is 63.9 Å². The smallest absolute Gasteiger partial charge is 0.339 e. The number of amides is 1. The van der Waals surface area contributed by atoms with Crippen LogP contribution in [0.1, 0.15) is 22.8 Å². The Balaban J connectivity index is 1.86. The van der Waals surface area contributed by atoms with Crippen molar-refractivity contribution in [2.24, 2.45) is 0 Å². The predicted molar refractivity (Wildman–Crippen MR) is 86.7 cm³/mol. The van der Waals surface area contributed by atoms with E-state index in [2.05, 4.69) is 21.2 Å². The number of benzene rings is 2. The first kappa shape index (κ1) is 15.7. The Bertz CT molecular complexity index is 808. The second kappa shape index (κ2) is 5.77. The molecular formula is C17H13BrFNO3. The minimum Gasteiger partial charge on any atom is -0.445 e. The lowest BCUT2D eigenvalue weighted by Gasteiger charge is -2.33. The number of hydrogen-bond acceptors (Lipinski definition) is 3. The molecule has 0 fully saturated rings.